The summed E-state index contributed by atoms with van der Waals surface area (Å²) in [6.07, 6.45) is 9.29. The molecule has 0 spiro atoms. The number of pyridine rings is 1. The molecule has 0 saturated carbocycles. The molecule has 0 fully saturated rings. The molecule has 140 valence electrons. The second kappa shape index (κ2) is 7.96. The number of benzene rings is 1. The zero-order valence-corrected chi connectivity index (χ0v) is 15.1. The van der Waals surface area contributed by atoms with Crippen LogP contribution in [0.15, 0.2) is 61.2 Å². The van der Waals surface area contributed by atoms with Gasteiger partial charge < -0.3 is 10.7 Å². The number of imidazole rings is 1. The highest BCUT2D eigenvalue weighted by atomic mass is 19.1. The Balaban J connectivity index is 1.70. The van der Waals surface area contributed by atoms with Gasteiger partial charge in [-0.2, -0.15) is 0 Å². The molecule has 0 bridgehead atoms. The van der Waals surface area contributed by atoms with Gasteiger partial charge in [-0.25, -0.2) is 19.3 Å². The van der Waals surface area contributed by atoms with E-state index in [4.69, 9.17) is 10.7 Å². The minimum atomic E-state index is -0.303. The van der Waals surface area contributed by atoms with E-state index in [-0.39, 0.29) is 5.82 Å². The van der Waals surface area contributed by atoms with Crippen molar-refractivity contribution in [2.45, 2.75) is 19.3 Å². The van der Waals surface area contributed by atoms with Gasteiger partial charge in [-0.05, 0) is 36.2 Å². The van der Waals surface area contributed by atoms with Gasteiger partial charge in [0, 0.05) is 43.2 Å². The normalized spacial score (nSPS) is 10.9. The quantitative estimate of drug-likeness (QED) is 0.535. The second-order valence-electron chi connectivity index (χ2n) is 6.38. The van der Waals surface area contributed by atoms with Gasteiger partial charge in [0.25, 0.3) is 0 Å². The van der Waals surface area contributed by atoms with Gasteiger partial charge in [-0.3, -0.25) is 4.98 Å². The van der Waals surface area contributed by atoms with Crippen molar-refractivity contribution in [2.24, 2.45) is 0 Å². The summed E-state index contributed by atoms with van der Waals surface area (Å²) in [7, 11) is 0. The van der Waals surface area contributed by atoms with E-state index < -0.39 is 0 Å². The molecule has 28 heavy (non-hydrogen) atoms. The first-order chi connectivity index (χ1) is 13.7. The predicted molar refractivity (Wildman–Crippen MR) is 106 cm³/mol. The Morgan fingerprint density at radius 1 is 0.893 bits per heavy atom. The molecule has 3 aromatic heterocycles. The molecular weight excluding hydrogens is 355 g/mol. The molecular formula is C21H19FN6. The van der Waals surface area contributed by atoms with Gasteiger partial charge in [-0.15, -0.1) is 0 Å². The number of aromatic amines is 1. The van der Waals surface area contributed by atoms with Crippen molar-refractivity contribution in [1.82, 2.24) is 24.9 Å². The van der Waals surface area contributed by atoms with Gasteiger partial charge >= 0.3 is 0 Å². The van der Waals surface area contributed by atoms with Gasteiger partial charge in [-0.1, -0.05) is 12.1 Å². The molecule has 4 rings (SSSR count). The predicted octanol–water partition coefficient (Wildman–Crippen LogP) is 3.83. The van der Waals surface area contributed by atoms with E-state index in [1.807, 2.05) is 18.3 Å². The van der Waals surface area contributed by atoms with Crippen molar-refractivity contribution in [3.05, 3.63) is 78.7 Å². The van der Waals surface area contributed by atoms with Crippen LogP contribution in [-0.4, -0.2) is 24.9 Å². The summed E-state index contributed by atoms with van der Waals surface area (Å²) < 4.78 is 13.4. The van der Waals surface area contributed by atoms with Crippen LogP contribution >= 0.6 is 0 Å². The van der Waals surface area contributed by atoms with E-state index in [0.29, 0.717) is 23.6 Å². The maximum atomic E-state index is 13.4. The first-order valence-corrected chi connectivity index (χ1v) is 9.01. The zero-order valence-electron chi connectivity index (χ0n) is 15.1. The Morgan fingerprint density at radius 2 is 1.68 bits per heavy atom. The lowest BCUT2D eigenvalue weighted by Crippen LogP contribution is -2.06. The van der Waals surface area contributed by atoms with Crippen molar-refractivity contribution in [2.75, 3.05) is 5.73 Å². The van der Waals surface area contributed by atoms with Crippen LogP contribution in [0, 0.1) is 5.82 Å². The number of nitrogens with zero attached hydrogens (tertiary/aromatic N) is 4. The van der Waals surface area contributed by atoms with Crippen molar-refractivity contribution < 1.29 is 4.39 Å². The van der Waals surface area contributed by atoms with Crippen LogP contribution < -0.4 is 5.73 Å². The molecule has 0 aliphatic heterocycles. The number of halogens is 1. The fraction of sp³-hybridized carbons (Fsp3) is 0.143. The number of hydrogen-bond donors (Lipinski definition) is 2. The molecule has 3 heterocycles. The van der Waals surface area contributed by atoms with Gasteiger partial charge in [0.15, 0.2) is 0 Å². The highest BCUT2D eigenvalue weighted by molar-refractivity contribution is 5.87. The van der Waals surface area contributed by atoms with E-state index in [2.05, 4.69) is 19.9 Å². The summed E-state index contributed by atoms with van der Waals surface area (Å²) in [4.78, 5) is 20.7. The molecule has 0 saturated heterocycles. The summed E-state index contributed by atoms with van der Waals surface area (Å²) in [5.74, 6) is 1.68. The maximum absolute atomic E-state index is 13.4. The Morgan fingerprint density at radius 3 is 2.39 bits per heavy atom. The summed E-state index contributed by atoms with van der Waals surface area (Å²) >= 11 is 0. The minimum absolute atomic E-state index is 0.303. The Bertz CT molecular complexity index is 1050. The molecule has 7 heteroatoms. The first kappa shape index (κ1) is 17.8. The number of H-pyrrole nitrogens is 1. The van der Waals surface area contributed by atoms with Crippen LogP contribution in [-0.2, 0) is 12.8 Å². The first-order valence-electron chi connectivity index (χ1n) is 9.01. The Kier molecular flexibility index (Phi) is 5.05. The van der Waals surface area contributed by atoms with E-state index in [1.165, 1.54) is 12.1 Å². The maximum Gasteiger partial charge on any atom is 0.135 e. The van der Waals surface area contributed by atoms with Gasteiger partial charge in [0.05, 0.1) is 11.3 Å². The highest BCUT2D eigenvalue weighted by Gasteiger charge is 2.16. The molecule has 6 nitrogen and oxygen atoms in total. The van der Waals surface area contributed by atoms with Crippen molar-refractivity contribution >= 4 is 5.82 Å². The van der Waals surface area contributed by atoms with E-state index in [0.717, 1.165) is 35.5 Å². The largest absolute Gasteiger partial charge is 0.383 e. The Labute approximate surface area is 161 Å². The van der Waals surface area contributed by atoms with Crippen LogP contribution in [0.25, 0.3) is 22.4 Å². The zero-order chi connectivity index (χ0) is 19.3. The number of nitrogens with one attached hydrogen (secondary N) is 1. The monoisotopic (exact) mass is 374 g/mol. The fourth-order valence-corrected chi connectivity index (χ4v) is 3.11. The average Bonchev–Trinajstić information content (AvgIpc) is 3.23. The van der Waals surface area contributed by atoms with Crippen molar-refractivity contribution in [3.63, 3.8) is 0 Å². The van der Waals surface area contributed by atoms with Crippen LogP contribution in [0.2, 0.25) is 0 Å². The van der Waals surface area contributed by atoms with E-state index >= 15 is 0 Å². The summed E-state index contributed by atoms with van der Waals surface area (Å²) in [6, 6.07) is 9.94. The number of nitrogen functional groups attached to an aromatic ring is 1. The van der Waals surface area contributed by atoms with Gasteiger partial charge in [0.1, 0.15) is 23.3 Å². The second-order valence-corrected chi connectivity index (χ2v) is 6.38. The number of nitrogens with two attached hydrogens (primary N) is 1. The number of anilines is 1. The minimum Gasteiger partial charge on any atom is -0.383 e. The smallest absolute Gasteiger partial charge is 0.135 e. The molecule has 0 amide bonds. The van der Waals surface area contributed by atoms with Crippen LogP contribution in [0.4, 0.5) is 10.2 Å². The number of aromatic nitrogens is 5. The third-order valence-corrected chi connectivity index (χ3v) is 4.44. The van der Waals surface area contributed by atoms with E-state index in [1.54, 1.807) is 30.7 Å². The summed E-state index contributed by atoms with van der Waals surface area (Å²) in [5.41, 5.74) is 9.39. The number of aryl methyl sites for hydroxylation is 2. The highest BCUT2D eigenvalue weighted by Crippen LogP contribution is 2.34. The van der Waals surface area contributed by atoms with Crippen molar-refractivity contribution in [1.29, 1.82) is 0 Å². The standard InChI is InChI=1S/C21H19FN6/c22-16-6-4-14(5-7-16)19-20(15-8-10-24-11-9-15)27-18(28-21(19)23)3-1-2-17-25-12-13-26-17/h4-13H,1-3H2,(H,25,26)(H2,23,27,28). The van der Waals surface area contributed by atoms with Crippen LogP contribution in [0.5, 0.6) is 0 Å². The Hall–Kier alpha value is -3.61. The molecule has 4 aromatic rings. The van der Waals surface area contributed by atoms with Crippen LogP contribution in [0.3, 0.4) is 0 Å². The molecule has 0 radical (unpaired) electrons. The fourth-order valence-electron chi connectivity index (χ4n) is 3.11. The van der Waals surface area contributed by atoms with Gasteiger partial charge in [0.2, 0.25) is 0 Å². The third-order valence-electron chi connectivity index (χ3n) is 4.44. The summed E-state index contributed by atoms with van der Waals surface area (Å²) in [6.45, 7) is 0. The van der Waals surface area contributed by atoms with Crippen molar-refractivity contribution in [3.8, 4) is 22.4 Å². The SMILES string of the molecule is Nc1nc(CCCc2ncc[nH]2)nc(-c2ccncc2)c1-c1ccc(F)cc1. The molecule has 3 N–H and O–H groups in total. The molecule has 0 unspecified atom stereocenters. The van der Waals surface area contributed by atoms with Crippen LogP contribution in [0.1, 0.15) is 18.1 Å². The lowest BCUT2D eigenvalue weighted by molar-refractivity contribution is 0.628. The molecule has 0 atom stereocenters. The lowest BCUT2D eigenvalue weighted by Gasteiger charge is -2.14. The molecule has 0 aliphatic rings. The average molecular weight is 374 g/mol. The third kappa shape index (κ3) is 3.88. The number of rotatable bonds is 6. The topological polar surface area (TPSA) is 93.4 Å². The number of hydrogen-bond acceptors (Lipinski definition) is 5. The lowest BCUT2D eigenvalue weighted by atomic mass is 10.00. The van der Waals surface area contributed by atoms with E-state index in [9.17, 15) is 4.39 Å². The molecule has 0 aliphatic carbocycles. The summed E-state index contributed by atoms with van der Waals surface area (Å²) in [5, 5.41) is 0. The molecule has 1 aromatic carbocycles.